The molecule has 0 bridgehead atoms. The Hall–Kier alpha value is -1.79. The van der Waals surface area contributed by atoms with Crippen molar-refractivity contribution in [3.63, 3.8) is 0 Å². The number of hydrogen-bond acceptors (Lipinski definition) is 3. The number of quaternary nitrogens is 1. The van der Waals surface area contributed by atoms with Gasteiger partial charge in [-0.2, -0.15) is 0 Å². The maximum atomic E-state index is 12.3. The van der Waals surface area contributed by atoms with Crippen molar-refractivity contribution in [2.45, 2.75) is 20.8 Å². The van der Waals surface area contributed by atoms with Crippen molar-refractivity contribution in [2.75, 3.05) is 44.6 Å². The SMILES string of the molecule is CCOC(=O)N1CC[NH+](CC(=O)Nc2c(C)cc(C)cc2Cl)CC1. The van der Waals surface area contributed by atoms with E-state index in [-0.39, 0.29) is 12.0 Å². The molecule has 24 heavy (non-hydrogen) atoms. The number of benzene rings is 1. The zero-order valence-corrected chi connectivity index (χ0v) is 15.2. The van der Waals surface area contributed by atoms with Gasteiger partial charge in [-0.05, 0) is 38.0 Å². The van der Waals surface area contributed by atoms with Crippen LogP contribution in [0, 0.1) is 13.8 Å². The molecule has 2 N–H and O–H groups in total. The maximum Gasteiger partial charge on any atom is 0.410 e. The molecule has 1 aliphatic heterocycles. The Balaban J connectivity index is 1.85. The van der Waals surface area contributed by atoms with Gasteiger partial charge in [0.2, 0.25) is 0 Å². The molecule has 2 amide bonds. The van der Waals surface area contributed by atoms with Crippen LogP contribution in [0.1, 0.15) is 18.1 Å². The van der Waals surface area contributed by atoms with Crippen molar-refractivity contribution in [3.05, 3.63) is 28.3 Å². The van der Waals surface area contributed by atoms with Crippen molar-refractivity contribution >= 4 is 29.3 Å². The molecule has 0 spiro atoms. The highest BCUT2D eigenvalue weighted by Crippen LogP contribution is 2.27. The van der Waals surface area contributed by atoms with Gasteiger partial charge < -0.3 is 15.0 Å². The van der Waals surface area contributed by atoms with E-state index in [9.17, 15) is 9.59 Å². The highest BCUT2D eigenvalue weighted by Gasteiger charge is 2.26. The molecule has 0 saturated carbocycles. The van der Waals surface area contributed by atoms with Crippen LogP contribution in [0.15, 0.2) is 12.1 Å². The Bertz CT molecular complexity index is 590. The number of anilines is 1. The summed E-state index contributed by atoms with van der Waals surface area (Å²) in [6.07, 6.45) is -0.275. The molecule has 0 aromatic heterocycles. The molecule has 1 saturated heterocycles. The van der Waals surface area contributed by atoms with Crippen LogP contribution in [-0.4, -0.2) is 56.2 Å². The number of nitrogens with one attached hydrogen (secondary N) is 2. The van der Waals surface area contributed by atoms with E-state index in [1.54, 1.807) is 11.8 Å². The van der Waals surface area contributed by atoms with Gasteiger partial charge in [-0.1, -0.05) is 17.7 Å². The second-order valence-corrected chi connectivity index (χ2v) is 6.51. The monoisotopic (exact) mass is 354 g/mol. The smallest absolute Gasteiger partial charge is 0.410 e. The van der Waals surface area contributed by atoms with E-state index in [1.165, 1.54) is 0 Å². The zero-order valence-electron chi connectivity index (χ0n) is 14.4. The highest BCUT2D eigenvalue weighted by atomic mass is 35.5. The van der Waals surface area contributed by atoms with E-state index in [0.29, 0.717) is 37.0 Å². The Morgan fingerprint density at radius 2 is 1.96 bits per heavy atom. The van der Waals surface area contributed by atoms with Gasteiger partial charge in [-0.15, -0.1) is 0 Å². The van der Waals surface area contributed by atoms with Gasteiger partial charge in [0, 0.05) is 0 Å². The van der Waals surface area contributed by atoms with E-state index in [2.05, 4.69) is 5.32 Å². The topological polar surface area (TPSA) is 63.1 Å². The van der Waals surface area contributed by atoms with Crippen molar-refractivity contribution in [1.29, 1.82) is 0 Å². The first-order valence-corrected chi connectivity index (χ1v) is 8.60. The molecule has 2 rings (SSSR count). The molecular formula is C17H25ClN3O3+. The second kappa shape index (κ2) is 8.35. The summed E-state index contributed by atoms with van der Waals surface area (Å²) < 4.78 is 5.00. The van der Waals surface area contributed by atoms with Crippen LogP contribution in [0.2, 0.25) is 5.02 Å². The molecule has 0 radical (unpaired) electrons. The summed E-state index contributed by atoms with van der Waals surface area (Å²) in [6, 6.07) is 3.83. The number of piperazine rings is 1. The molecule has 1 fully saturated rings. The summed E-state index contributed by atoms with van der Waals surface area (Å²) in [6.45, 7) is 9.10. The van der Waals surface area contributed by atoms with Gasteiger partial charge in [0.25, 0.3) is 5.91 Å². The number of amides is 2. The Morgan fingerprint density at radius 1 is 1.29 bits per heavy atom. The molecule has 1 aliphatic rings. The maximum absolute atomic E-state index is 12.3. The minimum Gasteiger partial charge on any atom is -0.450 e. The van der Waals surface area contributed by atoms with Gasteiger partial charge >= 0.3 is 6.09 Å². The number of rotatable bonds is 4. The van der Waals surface area contributed by atoms with Crippen LogP contribution in [0.4, 0.5) is 10.5 Å². The normalized spacial score (nSPS) is 15.2. The third kappa shape index (κ3) is 4.85. The largest absolute Gasteiger partial charge is 0.450 e. The van der Waals surface area contributed by atoms with E-state index in [0.717, 1.165) is 29.1 Å². The molecule has 6 nitrogen and oxygen atoms in total. The van der Waals surface area contributed by atoms with Gasteiger partial charge in [0.1, 0.15) is 0 Å². The number of halogens is 1. The number of carbonyl (C=O) groups excluding carboxylic acids is 2. The second-order valence-electron chi connectivity index (χ2n) is 6.10. The fraction of sp³-hybridized carbons (Fsp3) is 0.529. The van der Waals surface area contributed by atoms with Crippen LogP contribution < -0.4 is 10.2 Å². The zero-order chi connectivity index (χ0) is 17.7. The van der Waals surface area contributed by atoms with Crippen molar-refractivity contribution in [2.24, 2.45) is 0 Å². The summed E-state index contributed by atoms with van der Waals surface area (Å²) in [4.78, 5) is 26.8. The van der Waals surface area contributed by atoms with Crippen LogP contribution in [0.5, 0.6) is 0 Å². The van der Waals surface area contributed by atoms with Crippen LogP contribution >= 0.6 is 11.6 Å². The van der Waals surface area contributed by atoms with E-state index in [4.69, 9.17) is 16.3 Å². The number of nitrogens with zero attached hydrogens (tertiary/aromatic N) is 1. The minimum absolute atomic E-state index is 0.0663. The summed E-state index contributed by atoms with van der Waals surface area (Å²) in [5, 5.41) is 3.47. The van der Waals surface area contributed by atoms with Crippen LogP contribution in [0.25, 0.3) is 0 Å². The lowest BCUT2D eigenvalue weighted by atomic mass is 10.1. The predicted molar refractivity (Wildman–Crippen MR) is 93.7 cm³/mol. The third-order valence-electron chi connectivity index (χ3n) is 4.10. The average molecular weight is 355 g/mol. The van der Waals surface area contributed by atoms with Crippen molar-refractivity contribution < 1.29 is 19.2 Å². The summed E-state index contributed by atoms with van der Waals surface area (Å²) in [7, 11) is 0. The third-order valence-corrected chi connectivity index (χ3v) is 4.40. The summed E-state index contributed by atoms with van der Waals surface area (Å²) in [5.74, 6) is -0.0663. The number of ether oxygens (including phenoxy) is 1. The lowest BCUT2D eigenvalue weighted by Gasteiger charge is -2.31. The molecule has 1 aromatic rings. The van der Waals surface area contributed by atoms with Gasteiger partial charge in [0.15, 0.2) is 6.54 Å². The fourth-order valence-electron chi connectivity index (χ4n) is 2.88. The molecule has 1 heterocycles. The molecular weight excluding hydrogens is 330 g/mol. The van der Waals surface area contributed by atoms with Crippen LogP contribution in [0.3, 0.4) is 0 Å². The van der Waals surface area contributed by atoms with E-state index < -0.39 is 0 Å². The van der Waals surface area contributed by atoms with Gasteiger partial charge in [-0.25, -0.2) is 4.79 Å². The Morgan fingerprint density at radius 3 is 2.54 bits per heavy atom. The Kier molecular flexibility index (Phi) is 6.45. The Labute approximate surface area is 147 Å². The van der Waals surface area contributed by atoms with Crippen molar-refractivity contribution in [1.82, 2.24) is 4.90 Å². The molecule has 132 valence electrons. The lowest BCUT2D eigenvalue weighted by Crippen LogP contribution is -3.15. The van der Waals surface area contributed by atoms with Crippen LogP contribution in [-0.2, 0) is 9.53 Å². The molecule has 7 heteroatoms. The number of aryl methyl sites for hydroxylation is 2. The highest BCUT2D eigenvalue weighted by molar-refractivity contribution is 6.34. The quantitative estimate of drug-likeness (QED) is 0.855. The van der Waals surface area contributed by atoms with E-state index >= 15 is 0 Å². The minimum atomic E-state index is -0.275. The lowest BCUT2D eigenvalue weighted by molar-refractivity contribution is -0.895. The number of carbonyl (C=O) groups is 2. The molecule has 0 aliphatic carbocycles. The number of hydrogen-bond donors (Lipinski definition) is 2. The standard InChI is InChI=1S/C17H24ClN3O3/c1-4-24-17(23)21-7-5-20(6-8-21)11-15(22)19-16-13(3)9-12(2)10-14(16)18/h9-10H,4-8,11H2,1-3H3,(H,19,22)/p+1. The van der Waals surface area contributed by atoms with Gasteiger partial charge in [-0.3, -0.25) is 9.69 Å². The average Bonchev–Trinajstić information content (AvgIpc) is 2.52. The fourth-order valence-corrected chi connectivity index (χ4v) is 3.25. The van der Waals surface area contributed by atoms with Crippen molar-refractivity contribution in [3.8, 4) is 0 Å². The molecule has 1 aromatic carbocycles. The summed E-state index contributed by atoms with van der Waals surface area (Å²) >= 11 is 6.23. The molecule has 0 unspecified atom stereocenters. The summed E-state index contributed by atoms with van der Waals surface area (Å²) in [5.41, 5.74) is 2.70. The first kappa shape index (κ1) is 18.5. The predicted octanol–water partition coefficient (Wildman–Crippen LogP) is 1.25. The first-order chi connectivity index (χ1) is 11.4. The van der Waals surface area contributed by atoms with E-state index in [1.807, 2.05) is 26.0 Å². The first-order valence-electron chi connectivity index (χ1n) is 8.22. The van der Waals surface area contributed by atoms with Gasteiger partial charge in [0.05, 0.1) is 43.5 Å². The molecule has 0 atom stereocenters.